The average molecular weight is 557 g/mol. The smallest absolute Gasteiger partial charge is 0.329 e. The molecule has 0 unspecified atom stereocenters. The van der Waals surface area contributed by atoms with E-state index in [2.05, 4.69) is 10.6 Å². The number of piperazine rings is 1. The molecule has 10 heteroatoms. The standard InChI is InChI=1S/C29H31ClF2N4O3/c1-28(17-19-5-8-21(31)9-6-19)18-33-13-14-35(28)25(37)10-7-20-15-23(32)22(30)16-24(20)36-26(38)29(34-27(36)39)11-3-2-4-12-29/h5-10,15-16,33H,2-4,11-14,17-18H2,1H3,(H,34,39)/b10-7+/t28-/m1/s1. The maximum absolute atomic E-state index is 14.6. The molecule has 5 rings (SSSR count). The van der Waals surface area contributed by atoms with Crippen molar-refractivity contribution in [3.8, 4) is 0 Å². The number of carbonyl (C=O) groups is 3. The van der Waals surface area contributed by atoms with Crippen molar-refractivity contribution in [2.45, 2.75) is 56.5 Å². The molecule has 2 heterocycles. The summed E-state index contributed by atoms with van der Waals surface area (Å²) in [5.74, 6) is -1.74. The Morgan fingerprint density at radius 2 is 1.82 bits per heavy atom. The predicted octanol–water partition coefficient (Wildman–Crippen LogP) is 4.82. The van der Waals surface area contributed by atoms with Crippen molar-refractivity contribution in [3.63, 3.8) is 0 Å². The van der Waals surface area contributed by atoms with Gasteiger partial charge in [0, 0.05) is 31.3 Å². The summed E-state index contributed by atoms with van der Waals surface area (Å²) in [6.07, 6.45) is 6.99. The molecule has 2 saturated heterocycles. The van der Waals surface area contributed by atoms with Gasteiger partial charge in [0.25, 0.3) is 5.91 Å². The summed E-state index contributed by atoms with van der Waals surface area (Å²) in [4.78, 5) is 42.7. The third kappa shape index (κ3) is 5.30. The normalized spacial score (nSPS) is 23.1. The maximum atomic E-state index is 14.6. The molecule has 4 amide bonds. The van der Waals surface area contributed by atoms with Crippen LogP contribution in [0.25, 0.3) is 6.08 Å². The van der Waals surface area contributed by atoms with E-state index < -0.39 is 22.9 Å². The number of amides is 4. The van der Waals surface area contributed by atoms with E-state index in [1.807, 2.05) is 6.92 Å². The summed E-state index contributed by atoms with van der Waals surface area (Å²) < 4.78 is 28.0. The van der Waals surface area contributed by atoms with Gasteiger partial charge in [-0.15, -0.1) is 0 Å². The van der Waals surface area contributed by atoms with Crippen molar-refractivity contribution < 1.29 is 23.2 Å². The van der Waals surface area contributed by atoms with Crippen LogP contribution in [-0.4, -0.2) is 53.5 Å². The highest BCUT2D eigenvalue weighted by molar-refractivity contribution is 6.32. The molecular weight excluding hydrogens is 526 g/mol. The van der Waals surface area contributed by atoms with Crippen LogP contribution in [-0.2, 0) is 16.0 Å². The number of halogens is 3. The zero-order valence-electron chi connectivity index (χ0n) is 21.7. The topological polar surface area (TPSA) is 81.8 Å². The molecule has 0 bridgehead atoms. The largest absolute Gasteiger partial charge is 0.331 e. The van der Waals surface area contributed by atoms with E-state index in [1.165, 1.54) is 30.4 Å². The van der Waals surface area contributed by atoms with Gasteiger partial charge in [-0.05, 0) is 62.1 Å². The van der Waals surface area contributed by atoms with Gasteiger partial charge in [0.1, 0.15) is 17.2 Å². The first-order valence-corrected chi connectivity index (χ1v) is 13.6. The van der Waals surface area contributed by atoms with Crippen LogP contribution in [0.1, 0.15) is 50.2 Å². The number of nitrogens with one attached hydrogen (secondary N) is 2. The van der Waals surface area contributed by atoms with Crippen molar-refractivity contribution in [2.24, 2.45) is 0 Å². The van der Waals surface area contributed by atoms with Crippen molar-refractivity contribution in [1.82, 2.24) is 15.5 Å². The second kappa shape index (κ2) is 10.7. The van der Waals surface area contributed by atoms with Crippen LogP contribution in [0.5, 0.6) is 0 Å². The highest BCUT2D eigenvalue weighted by atomic mass is 35.5. The Morgan fingerprint density at radius 3 is 2.54 bits per heavy atom. The zero-order valence-corrected chi connectivity index (χ0v) is 22.5. The SMILES string of the molecule is C[C@@]1(Cc2ccc(F)cc2)CNCCN1C(=O)/C=C/c1cc(F)c(Cl)cc1N1C(=O)NC2(CCCCC2)C1=O. The number of benzene rings is 2. The Morgan fingerprint density at radius 1 is 1.10 bits per heavy atom. The van der Waals surface area contributed by atoms with Crippen molar-refractivity contribution in [1.29, 1.82) is 0 Å². The highest BCUT2D eigenvalue weighted by Crippen LogP contribution is 2.38. The number of urea groups is 1. The second-order valence-electron chi connectivity index (χ2n) is 10.8. The molecule has 1 atom stereocenters. The first-order chi connectivity index (χ1) is 18.6. The highest BCUT2D eigenvalue weighted by Gasteiger charge is 2.52. The van der Waals surface area contributed by atoms with Gasteiger partial charge in [0.15, 0.2) is 0 Å². The number of nitrogens with zero attached hydrogens (tertiary/aromatic N) is 2. The van der Waals surface area contributed by atoms with Gasteiger partial charge in [-0.2, -0.15) is 0 Å². The Labute approximate surface area is 231 Å². The van der Waals surface area contributed by atoms with Crippen LogP contribution in [0.4, 0.5) is 19.3 Å². The van der Waals surface area contributed by atoms with E-state index in [4.69, 9.17) is 11.6 Å². The number of hydrogen-bond donors (Lipinski definition) is 2. The van der Waals surface area contributed by atoms with Crippen molar-refractivity contribution >= 4 is 41.2 Å². The van der Waals surface area contributed by atoms with Gasteiger partial charge in [-0.1, -0.05) is 43.0 Å². The van der Waals surface area contributed by atoms with Crippen LogP contribution >= 0.6 is 11.6 Å². The van der Waals surface area contributed by atoms with Crippen LogP contribution in [0.2, 0.25) is 5.02 Å². The molecule has 1 spiro atoms. The monoisotopic (exact) mass is 556 g/mol. The molecule has 0 radical (unpaired) electrons. The van der Waals surface area contributed by atoms with E-state index in [0.717, 1.165) is 35.8 Å². The quantitative estimate of drug-likeness (QED) is 0.408. The van der Waals surface area contributed by atoms with Crippen LogP contribution in [0.3, 0.4) is 0 Å². The fourth-order valence-electron chi connectivity index (χ4n) is 5.95. The Hall–Kier alpha value is -3.30. The molecule has 2 aromatic rings. The lowest BCUT2D eigenvalue weighted by Crippen LogP contribution is -2.62. The number of imide groups is 1. The van der Waals surface area contributed by atoms with Gasteiger partial charge >= 0.3 is 6.03 Å². The van der Waals surface area contributed by atoms with Gasteiger partial charge in [0.2, 0.25) is 5.91 Å². The molecule has 39 heavy (non-hydrogen) atoms. The second-order valence-corrected chi connectivity index (χ2v) is 11.2. The molecule has 2 aromatic carbocycles. The summed E-state index contributed by atoms with van der Waals surface area (Å²) in [5.41, 5.74) is -0.344. The van der Waals surface area contributed by atoms with Crippen LogP contribution < -0.4 is 15.5 Å². The molecule has 3 aliphatic rings. The third-order valence-corrected chi connectivity index (χ3v) is 8.31. The van der Waals surface area contributed by atoms with Crippen LogP contribution in [0, 0.1) is 11.6 Å². The fraction of sp³-hybridized carbons (Fsp3) is 0.414. The Bertz CT molecular complexity index is 1330. The number of hydrogen-bond acceptors (Lipinski definition) is 4. The Balaban J connectivity index is 1.42. The van der Waals surface area contributed by atoms with Crippen molar-refractivity contribution in [3.05, 3.63) is 70.3 Å². The summed E-state index contributed by atoms with van der Waals surface area (Å²) in [5, 5.41) is 5.94. The van der Waals surface area contributed by atoms with E-state index in [-0.39, 0.29) is 33.9 Å². The Kier molecular flexibility index (Phi) is 7.48. The molecule has 2 aliphatic heterocycles. The van der Waals surface area contributed by atoms with Crippen molar-refractivity contribution in [2.75, 3.05) is 24.5 Å². The number of carbonyl (C=O) groups excluding carboxylic acids is 3. The van der Waals surface area contributed by atoms with Gasteiger partial charge in [-0.3, -0.25) is 9.59 Å². The maximum Gasteiger partial charge on any atom is 0.329 e. The van der Waals surface area contributed by atoms with E-state index >= 15 is 0 Å². The minimum atomic E-state index is -0.962. The summed E-state index contributed by atoms with van der Waals surface area (Å²) in [6, 6.07) is 7.99. The first kappa shape index (κ1) is 27.3. The molecule has 7 nitrogen and oxygen atoms in total. The predicted molar refractivity (Wildman–Crippen MR) is 145 cm³/mol. The van der Waals surface area contributed by atoms with Gasteiger partial charge < -0.3 is 15.5 Å². The lowest BCUT2D eigenvalue weighted by atomic mass is 9.81. The number of rotatable bonds is 5. The van der Waals surface area contributed by atoms with Gasteiger partial charge in [0.05, 0.1) is 16.2 Å². The number of anilines is 1. The summed E-state index contributed by atoms with van der Waals surface area (Å²) in [7, 11) is 0. The average Bonchev–Trinajstić information content (AvgIpc) is 3.14. The lowest BCUT2D eigenvalue weighted by molar-refractivity contribution is -0.132. The first-order valence-electron chi connectivity index (χ1n) is 13.2. The fourth-order valence-corrected chi connectivity index (χ4v) is 6.11. The molecule has 1 saturated carbocycles. The third-order valence-electron chi connectivity index (χ3n) is 8.02. The zero-order chi connectivity index (χ0) is 27.8. The molecular formula is C29H31ClF2N4O3. The van der Waals surface area contributed by atoms with Crippen LogP contribution in [0.15, 0.2) is 42.5 Å². The summed E-state index contributed by atoms with van der Waals surface area (Å²) in [6.45, 7) is 3.54. The molecule has 3 fully saturated rings. The molecule has 206 valence electrons. The minimum absolute atomic E-state index is 0.129. The lowest BCUT2D eigenvalue weighted by Gasteiger charge is -2.45. The van der Waals surface area contributed by atoms with E-state index in [1.54, 1.807) is 17.0 Å². The summed E-state index contributed by atoms with van der Waals surface area (Å²) >= 11 is 6.07. The van der Waals surface area contributed by atoms with Gasteiger partial charge in [-0.25, -0.2) is 18.5 Å². The van der Waals surface area contributed by atoms with E-state index in [0.29, 0.717) is 38.9 Å². The molecule has 0 aromatic heterocycles. The minimum Gasteiger partial charge on any atom is -0.331 e. The molecule has 1 aliphatic carbocycles. The molecule has 2 N–H and O–H groups in total. The van der Waals surface area contributed by atoms with E-state index in [9.17, 15) is 23.2 Å².